The molecule has 0 aliphatic heterocycles. The lowest BCUT2D eigenvalue weighted by Crippen LogP contribution is -2.51. The molecule has 0 spiro atoms. The Bertz CT molecular complexity index is 412. The molecule has 1 fully saturated rings. The molecule has 2 unspecified atom stereocenters. The molecule has 0 radical (unpaired) electrons. The van der Waals surface area contributed by atoms with E-state index in [1.54, 1.807) is 11.8 Å². The fraction of sp³-hybridized carbons (Fsp3) is 0.750. The molecule has 7 heteroatoms. The minimum atomic E-state index is -0.525. The standard InChI is InChI=1S/C12H20N4O2S/c1-3-6-14-12(10(17)18-2)5-4-9(7-12)19-11-13-8-15-16-11/h8-9,14H,3-7H2,1-2H3,(H,13,15,16). The van der Waals surface area contributed by atoms with Gasteiger partial charge in [-0.3, -0.25) is 9.89 Å². The molecular weight excluding hydrogens is 264 g/mol. The van der Waals surface area contributed by atoms with E-state index in [-0.39, 0.29) is 5.97 Å². The van der Waals surface area contributed by atoms with Gasteiger partial charge in [-0.05, 0) is 32.2 Å². The largest absolute Gasteiger partial charge is 0.468 e. The fourth-order valence-corrected chi connectivity index (χ4v) is 3.62. The number of nitrogens with zero attached hydrogens (tertiary/aromatic N) is 2. The van der Waals surface area contributed by atoms with Crippen molar-refractivity contribution in [3.63, 3.8) is 0 Å². The van der Waals surface area contributed by atoms with Crippen molar-refractivity contribution in [2.45, 2.75) is 48.6 Å². The number of rotatable bonds is 6. The Morgan fingerprint density at radius 3 is 3.21 bits per heavy atom. The van der Waals surface area contributed by atoms with Crippen molar-refractivity contribution in [2.75, 3.05) is 13.7 Å². The Morgan fingerprint density at radius 2 is 2.58 bits per heavy atom. The number of esters is 1. The Labute approximate surface area is 117 Å². The number of aromatic nitrogens is 3. The van der Waals surface area contributed by atoms with Crippen molar-refractivity contribution in [2.24, 2.45) is 0 Å². The summed E-state index contributed by atoms with van der Waals surface area (Å²) in [6.45, 7) is 2.92. The first-order chi connectivity index (χ1) is 9.20. The van der Waals surface area contributed by atoms with Crippen LogP contribution in [-0.4, -0.2) is 45.6 Å². The van der Waals surface area contributed by atoms with E-state index in [1.807, 2.05) is 0 Å². The molecule has 2 rings (SSSR count). The van der Waals surface area contributed by atoms with Crippen LogP contribution in [-0.2, 0) is 9.53 Å². The molecule has 1 aromatic heterocycles. The molecule has 19 heavy (non-hydrogen) atoms. The van der Waals surface area contributed by atoms with Crippen LogP contribution in [0.25, 0.3) is 0 Å². The van der Waals surface area contributed by atoms with Crippen LogP contribution < -0.4 is 5.32 Å². The summed E-state index contributed by atoms with van der Waals surface area (Å²) in [5.74, 6) is -0.151. The van der Waals surface area contributed by atoms with Gasteiger partial charge in [0.15, 0.2) is 5.16 Å². The van der Waals surface area contributed by atoms with Crippen LogP contribution in [0.1, 0.15) is 32.6 Å². The van der Waals surface area contributed by atoms with Gasteiger partial charge in [-0.15, -0.1) is 0 Å². The van der Waals surface area contributed by atoms with Gasteiger partial charge in [-0.2, -0.15) is 5.10 Å². The summed E-state index contributed by atoms with van der Waals surface area (Å²) in [5.41, 5.74) is -0.525. The van der Waals surface area contributed by atoms with Gasteiger partial charge >= 0.3 is 5.97 Å². The van der Waals surface area contributed by atoms with Crippen molar-refractivity contribution in [1.82, 2.24) is 20.5 Å². The van der Waals surface area contributed by atoms with E-state index in [4.69, 9.17) is 4.74 Å². The normalized spacial score (nSPS) is 26.5. The van der Waals surface area contributed by atoms with Gasteiger partial charge in [0, 0.05) is 5.25 Å². The summed E-state index contributed by atoms with van der Waals surface area (Å²) in [5, 5.41) is 11.2. The molecule has 2 N–H and O–H groups in total. The second kappa shape index (κ2) is 6.38. The van der Waals surface area contributed by atoms with Crippen molar-refractivity contribution >= 4 is 17.7 Å². The molecule has 106 valence electrons. The van der Waals surface area contributed by atoms with Crippen LogP contribution in [0.3, 0.4) is 0 Å². The van der Waals surface area contributed by atoms with Gasteiger partial charge in [0.25, 0.3) is 0 Å². The Hall–Kier alpha value is -1.08. The molecule has 6 nitrogen and oxygen atoms in total. The number of nitrogens with one attached hydrogen (secondary N) is 2. The highest BCUT2D eigenvalue weighted by molar-refractivity contribution is 7.99. The van der Waals surface area contributed by atoms with Crippen molar-refractivity contribution in [3.8, 4) is 0 Å². The number of methoxy groups -OCH3 is 1. The molecule has 0 bridgehead atoms. The van der Waals surface area contributed by atoms with Gasteiger partial charge in [0.1, 0.15) is 11.9 Å². The molecule has 1 aliphatic carbocycles. The summed E-state index contributed by atoms with van der Waals surface area (Å²) >= 11 is 1.64. The third kappa shape index (κ3) is 3.27. The van der Waals surface area contributed by atoms with Crippen LogP contribution in [0.15, 0.2) is 11.5 Å². The Balaban J connectivity index is 2.00. The number of carbonyl (C=O) groups is 1. The Morgan fingerprint density at radius 1 is 1.74 bits per heavy atom. The number of carbonyl (C=O) groups excluding carboxylic acids is 1. The van der Waals surface area contributed by atoms with Crippen LogP contribution in [0.4, 0.5) is 0 Å². The maximum absolute atomic E-state index is 12.1. The molecule has 0 amide bonds. The molecule has 1 heterocycles. The molecule has 0 aromatic carbocycles. The molecule has 1 saturated carbocycles. The SMILES string of the molecule is CCCNC1(C(=O)OC)CCC(Sc2ncn[nH]2)C1. The van der Waals surface area contributed by atoms with Crippen LogP contribution >= 0.6 is 11.8 Å². The zero-order chi connectivity index (χ0) is 13.7. The molecule has 2 atom stereocenters. The topological polar surface area (TPSA) is 79.9 Å². The molecule has 1 aromatic rings. The lowest BCUT2D eigenvalue weighted by molar-refractivity contribution is -0.148. The van der Waals surface area contributed by atoms with E-state index in [2.05, 4.69) is 27.4 Å². The average molecular weight is 284 g/mol. The van der Waals surface area contributed by atoms with E-state index in [9.17, 15) is 4.79 Å². The lowest BCUT2D eigenvalue weighted by Gasteiger charge is -2.27. The summed E-state index contributed by atoms with van der Waals surface area (Å²) < 4.78 is 4.97. The number of hydrogen-bond donors (Lipinski definition) is 2. The third-order valence-corrected chi connectivity index (χ3v) is 4.59. The molecular formula is C12H20N4O2S. The first kappa shape index (κ1) is 14.3. The smallest absolute Gasteiger partial charge is 0.326 e. The van der Waals surface area contributed by atoms with Gasteiger partial charge in [-0.1, -0.05) is 18.7 Å². The van der Waals surface area contributed by atoms with Crippen LogP contribution in [0, 0.1) is 0 Å². The van der Waals surface area contributed by atoms with Crippen molar-refractivity contribution in [1.29, 1.82) is 0 Å². The first-order valence-corrected chi connectivity index (χ1v) is 7.43. The van der Waals surface area contributed by atoms with E-state index >= 15 is 0 Å². The molecule has 0 saturated heterocycles. The van der Waals surface area contributed by atoms with Gasteiger partial charge in [-0.25, -0.2) is 4.98 Å². The number of aromatic amines is 1. The minimum Gasteiger partial charge on any atom is -0.468 e. The Kier molecular flexibility index (Phi) is 4.81. The number of thioether (sulfide) groups is 1. The summed E-state index contributed by atoms with van der Waals surface area (Å²) in [7, 11) is 1.45. The lowest BCUT2D eigenvalue weighted by atomic mass is 9.97. The summed E-state index contributed by atoms with van der Waals surface area (Å²) in [6.07, 6.45) is 5.05. The maximum Gasteiger partial charge on any atom is 0.326 e. The van der Waals surface area contributed by atoms with Crippen molar-refractivity contribution in [3.05, 3.63) is 6.33 Å². The highest BCUT2D eigenvalue weighted by Gasteiger charge is 2.46. The number of H-pyrrole nitrogens is 1. The van der Waals surface area contributed by atoms with Crippen molar-refractivity contribution < 1.29 is 9.53 Å². The van der Waals surface area contributed by atoms with Gasteiger partial charge < -0.3 is 10.1 Å². The van der Waals surface area contributed by atoms with E-state index in [1.165, 1.54) is 13.4 Å². The minimum absolute atomic E-state index is 0.151. The number of ether oxygens (including phenoxy) is 1. The monoisotopic (exact) mass is 284 g/mol. The van der Waals surface area contributed by atoms with E-state index in [0.717, 1.165) is 37.4 Å². The zero-order valence-corrected chi connectivity index (χ0v) is 12.1. The highest BCUT2D eigenvalue weighted by atomic mass is 32.2. The third-order valence-electron chi connectivity index (χ3n) is 3.43. The maximum atomic E-state index is 12.1. The molecule has 1 aliphatic rings. The zero-order valence-electron chi connectivity index (χ0n) is 11.3. The van der Waals surface area contributed by atoms with Gasteiger partial charge in [0.05, 0.1) is 7.11 Å². The second-order valence-corrected chi connectivity index (χ2v) is 6.06. The second-order valence-electron chi connectivity index (χ2n) is 4.77. The average Bonchev–Trinajstić information content (AvgIpc) is 3.07. The quantitative estimate of drug-likeness (QED) is 0.768. The fourth-order valence-electron chi connectivity index (χ4n) is 2.49. The van der Waals surface area contributed by atoms with Gasteiger partial charge in [0.2, 0.25) is 0 Å². The van der Waals surface area contributed by atoms with Crippen LogP contribution in [0.2, 0.25) is 0 Å². The van der Waals surface area contributed by atoms with E-state index < -0.39 is 5.54 Å². The summed E-state index contributed by atoms with van der Waals surface area (Å²) in [6, 6.07) is 0. The van der Waals surface area contributed by atoms with E-state index in [0.29, 0.717) is 5.25 Å². The van der Waals surface area contributed by atoms with Crippen LogP contribution in [0.5, 0.6) is 0 Å². The number of hydrogen-bond acceptors (Lipinski definition) is 6. The summed E-state index contributed by atoms with van der Waals surface area (Å²) in [4.78, 5) is 16.2. The first-order valence-electron chi connectivity index (χ1n) is 6.55. The predicted octanol–water partition coefficient (Wildman–Crippen LogP) is 1.36. The highest BCUT2D eigenvalue weighted by Crippen LogP contribution is 2.39. The predicted molar refractivity (Wildman–Crippen MR) is 72.9 cm³/mol.